The van der Waals surface area contributed by atoms with Crippen molar-refractivity contribution < 1.29 is 4.39 Å². The molecule has 84 valence electrons. The van der Waals surface area contributed by atoms with Gasteiger partial charge in [0.1, 0.15) is 5.82 Å². The average molecular weight is 237 g/mol. The minimum absolute atomic E-state index is 0.255. The van der Waals surface area contributed by atoms with E-state index in [0.717, 1.165) is 22.8 Å². The molecule has 3 nitrogen and oxygen atoms in total. The number of hydrogen-bond acceptors (Lipinski definition) is 4. The van der Waals surface area contributed by atoms with E-state index >= 15 is 0 Å². The minimum atomic E-state index is -0.255. The van der Waals surface area contributed by atoms with E-state index in [1.165, 1.54) is 23.7 Å². The lowest BCUT2D eigenvalue weighted by molar-refractivity contribution is 0.627. The molecule has 1 aromatic carbocycles. The summed E-state index contributed by atoms with van der Waals surface area (Å²) in [6.07, 6.45) is 0. The van der Waals surface area contributed by atoms with Crippen molar-refractivity contribution in [2.24, 2.45) is 0 Å². The van der Waals surface area contributed by atoms with E-state index in [2.05, 4.69) is 14.7 Å². The van der Waals surface area contributed by atoms with Crippen molar-refractivity contribution >= 4 is 16.7 Å². The van der Waals surface area contributed by atoms with Crippen molar-refractivity contribution in [3.63, 3.8) is 0 Å². The molecule has 0 bridgehead atoms. The summed E-state index contributed by atoms with van der Waals surface area (Å²) in [6.45, 7) is 4.65. The number of nitrogens with zero attached hydrogens (tertiary/aromatic N) is 2. The summed E-state index contributed by atoms with van der Waals surface area (Å²) < 4.78 is 17.4. The predicted octanol–water partition coefficient (Wildman–Crippen LogP) is 3.08. The van der Waals surface area contributed by atoms with Gasteiger partial charge in [-0.1, -0.05) is 0 Å². The van der Waals surface area contributed by atoms with Crippen molar-refractivity contribution in [3.05, 3.63) is 29.6 Å². The van der Waals surface area contributed by atoms with E-state index in [1.54, 1.807) is 0 Å². The standard InChI is InChI=1S/C11H12FN3S/c1-3-13-11-14-10(15-16-11)8-4-7(2)5-9(12)6-8/h4-6H,3H2,1-2H3,(H,13,14,15). The van der Waals surface area contributed by atoms with Crippen molar-refractivity contribution in [2.75, 3.05) is 11.9 Å². The van der Waals surface area contributed by atoms with E-state index in [0.29, 0.717) is 5.82 Å². The maximum Gasteiger partial charge on any atom is 0.202 e. The van der Waals surface area contributed by atoms with Gasteiger partial charge in [-0.05, 0) is 37.6 Å². The summed E-state index contributed by atoms with van der Waals surface area (Å²) in [5.41, 5.74) is 1.59. The van der Waals surface area contributed by atoms with Gasteiger partial charge < -0.3 is 5.32 Å². The van der Waals surface area contributed by atoms with E-state index in [9.17, 15) is 4.39 Å². The molecule has 1 heterocycles. The van der Waals surface area contributed by atoms with Crippen molar-refractivity contribution in [2.45, 2.75) is 13.8 Å². The van der Waals surface area contributed by atoms with Crippen molar-refractivity contribution in [1.29, 1.82) is 0 Å². The summed E-state index contributed by atoms with van der Waals surface area (Å²) in [7, 11) is 0. The van der Waals surface area contributed by atoms with Crippen LogP contribution < -0.4 is 5.32 Å². The molecule has 0 atom stereocenters. The monoisotopic (exact) mass is 237 g/mol. The number of benzene rings is 1. The Labute approximate surface area is 97.5 Å². The molecule has 0 aliphatic heterocycles. The van der Waals surface area contributed by atoms with Gasteiger partial charge in [-0.3, -0.25) is 0 Å². The smallest absolute Gasteiger partial charge is 0.202 e. The van der Waals surface area contributed by atoms with Crippen molar-refractivity contribution in [1.82, 2.24) is 9.36 Å². The number of aromatic nitrogens is 2. The fourth-order valence-corrected chi connectivity index (χ4v) is 2.08. The zero-order chi connectivity index (χ0) is 11.5. The molecule has 5 heteroatoms. The molecule has 0 radical (unpaired) electrons. The van der Waals surface area contributed by atoms with Crippen LogP contribution in [0.1, 0.15) is 12.5 Å². The Morgan fingerprint density at radius 2 is 2.19 bits per heavy atom. The summed E-state index contributed by atoms with van der Waals surface area (Å²) >= 11 is 1.29. The molecule has 0 amide bonds. The van der Waals surface area contributed by atoms with E-state index in [4.69, 9.17) is 0 Å². The lowest BCUT2D eigenvalue weighted by Crippen LogP contribution is -1.95. The van der Waals surface area contributed by atoms with Crippen LogP contribution in [0.4, 0.5) is 9.52 Å². The third kappa shape index (κ3) is 2.36. The molecule has 0 aliphatic rings. The molecule has 0 fully saturated rings. The van der Waals surface area contributed by atoms with Crippen LogP contribution in [0.15, 0.2) is 18.2 Å². The second-order valence-electron chi connectivity index (χ2n) is 3.47. The SMILES string of the molecule is CCNc1nc(-c2cc(C)cc(F)c2)ns1. The topological polar surface area (TPSA) is 37.8 Å². The van der Waals surface area contributed by atoms with Gasteiger partial charge >= 0.3 is 0 Å². The highest BCUT2D eigenvalue weighted by Crippen LogP contribution is 2.22. The Hall–Kier alpha value is -1.49. The lowest BCUT2D eigenvalue weighted by Gasteiger charge is -1.98. The van der Waals surface area contributed by atoms with Gasteiger partial charge in [-0.25, -0.2) is 4.39 Å². The first kappa shape index (κ1) is 11.0. The number of hydrogen-bond donors (Lipinski definition) is 1. The highest BCUT2D eigenvalue weighted by atomic mass is 32.1. The molecular formula is C11H12FN3S. The molecule has 0 unspecified atom stereocenters. The van der Waals surface area contributed by atoms with Crippen LogP contribution in [0.2, 0.25) is 0 Å². The highest BCUT2D eigenvalue weighted by molar-refractivity contribution is 7.09. The summed E-state index contributed by atoms with van der Waals surface area (Å²) in [6, 6.07) is 4.81. The predicted molar refractivity (Wildman–Crippen MR) is 64.2 cm³/mol. The molecule has 2 aromatic rings. The van der Waals surface area contributed by atoms with E-state index in [-0.39, 0.29) is 5.82 Å². The maximum absolute atomic E-state index is 13.2. The van der Waals surface area contributed by atoms with Crippen LogP contribution in [0.3, 0.4) is 0 Å². The van der Waals surface area contributed by atoms with Crippen molar-refractivity contribution in [3.8, 4) is 11.4 Å². The van der Waals surface area contributed by atoms with Gasteiger partial charge in [0.05, 0.1) is 0 Å². The van der Waals surface area contributed by atoms with Gasteiger partial charge in [-0.2, -0.15) is 9.36 Å². The van der Waals surface area contributed by atoms with Gasteiger partial charge in [0, 0.05) is 23.6 Å². The number of aryl methyl sites for hydroxylation is 1. The molecule has 16 heavy (non-hydrogen) atoms. The van der Waals surface area contributed by atoms with Crippen LogP contribution in [0.25, 0.3) is 11.4 Å². The number of anilines is 1. The number of rotatable bonds is 3. The Bertz CT molecular complexity index is 475. The van der Waals surface area contributed by atoms with Crippen LogP contribution in [0.5, 0.6) is 0 Å². The Balaban J connectivity index is 2.34. The fraction of sp³-hybridized carbons (Fsp3) is 0.273. The van der Waals surface area contributed by atoms with Gasteiger partial charge in [0.2, 0.25) is 5.13 Å². The summed E-state index contributed by atoms with van der Waals surface area (Å²) in [5.74, 6) is 0.318. The fourth-order valence-electron chi connectivity index (χ4n) is 1.43. The molecule has 2 rings (SSSR count). The van der Waals surface area contributed by atoms with Crippen LogP contribution in [-0.4, -0.2) is 15.9 Å². The average Bonchev–Trinajstić information content (AvgIpc) is 2.65. The normalized spacial score (nSPS) is 10.4. The zero-order valence-corrected chi connectivity index (χ0v) is 9.94. The minimum Gasteiger partial charge on any atom is -0.361 e. The maximum atomic E-state index is 13.2. The molecule has 0 spiro atoms. The van der Waals surface area contributed by atoms with Gasteiger partial charge in [0.25, 0.3) is 0 Å². The first-order valence-corrected chi connectivity index (χ1v) is 5.81. The molecule has 1 aromatic heterocycles. The third-order valence-electron chi connectivity index (χ3n) is 2.05. The second kappa shape index (κ2) is 4.57. The lowest BCUT2D eigenvalue weighted by atomic mass is 10.1. The van der Waals surface area contributed by atoms with E-state index < -0.39 is 0 Å². The first-order valence-electron chi connectivity index (χ1n) is 5.04. The summed E-state index contributed by atoms with van der Waals surface area (Å²) in [5, 5.41) is 3.84. The largest absolute Gasteiger partial charge is 0.361 e. The van der Waals surface area contributed by atoms with Gasteiger partial charge in [-0.15, -0.1) is 0 Å². The third-order valence-corrected chi connectivity index (χ3v) is 2.73. The van der Waals surface area contributed by atoms with Crippen LogP contribution >= 0.6 is 11.5 Å². The Morgan fingerprint density at radius 1 is 1.38 bits per heavy atom. The Kier molecular flexibility index (Phi) is 3.14. The molecule has 0 saturated heterocycles. The van der Waals surface area contributed by atoms with Crippen LogP contribution in [0, 0.1) is 12.7 Å². The number of nitrogens with one attached hydrogen (secondary N) is 1. The zero-order valence-electron chi connectivity index (χ0n) is 9.12. The molecule has 1 N–H and O–H groups in total. The van der Waals surface area contributed by atoms with Crippen LogP contribution in [-0.2, 0) is 0 Å². The number of halogens is 1. The molecule has 0 saturated carbocycles. The second-order valence-corrected chi connectivity index (χ2v) is 4.22. The van der Waals surface area contributed by atoms with E-state index in [1.807, 2.05) is 19.9 Å². The molecule has 0 aliphatic carbocycles. The van der Waals surface area contributed by atoms with Gasteiger partial charge in [0.15, 0.2) is 5.82 Å². The Morgan fingerprint density at radius 3 is 2.88 bits per heavy atom. The quantitative estimate of drug-likeness (QED) is 0.891. The molecular weight excluding hydrogens is 225 g/mol. The summed E-state index contributed by atoms with van der Waals surface area (Å²) in [4.78, 5) is 4.28. The highest BCUT2D eigenvalue weighted by Gasteiger charge is 2.07. The first-order chi connectivity index (χ1) is 7.69.